The van der Waals surface area contributed by atoms with Gasteiger partial charge in [-0.25, -0.2) is 5.90 Å². The molecule has 0 bridgehead atoms. The zero-order chi connectivity index (χ0) is 10.8. The van der Waals surface area contributed by atoms with Crippen LogP contribution in [0.25, 0.3) is 0 Å². The monoisotopic (exact) mass is 206 g/mol. The summed E-state index contributed by atoms with van der Waals surface area (Å²) >= 11 is 0. The summed E-state index contributed by atoms with van der Waals surface area (Å²) in [5.41, 5.74) is 4.12. The summed E-state index contributed by atoms with van der Waals surface area (Å²) in [7, 11) is 2.14. The molecular formula is C12H18N2O. The molecule has 1 aromatic rings. The first kappa shape index (κ1) is 10.5. The third kappa shape index (κ3) is 1.98. The Morgan fingerprint density at radius 2 is 2.33 bits per heavy atom. The van der Waals surface area contributed by atoms with Crippen LogP contribution in [-0.2, 0) is 11.3 Å². The van der Waals surface area contributed by atoms with Crippen LogP contribution < -0.4 is 10.8 Å². The Bertz CT molecular complexity index is 351. The molecule has 0 saturated heterocycles. The molecule has 2 rings (SSSR count). The number of hydrogen-bond donors (Lipinski definition) is 1. The Morgan fingerprint density at radius 3 is 3.07 bits per heavy atom. The first-order valence-corrected chi connectivity index (χ1v) is 5.38. The predicted octanol–water partition coefficient (Wildman–Crippen LogP) is 1.67. The van der Waals surface area contributed by atoms with Crippen LogP contribution in [-0.4, -0.2) is 20.2 Å². The van der Waals surface area contributed by atoms with Crippen molar-refractivity contribution >= 4 is 5.69 Å². The second-order valence-electron chi connectivity index (χ2n) is 4.29. The van der Waals surface area contributed by atoms with Crippen molar-refractivity contribution in [3.05, 3.63) is 29.3 Å². The van der Waals surface area contributed by atoms with Crippen LogP contribution in [0.2, 0.25) is 0 Å². The van der Waals surface area contributed by atoms with Crippen LogP contribution in [0.1, 0.15) is 24.0 Å². The molecule has 1 aliphatic rings. The third-order valence-electron chi connectivity index (χ3n) is 3.15. The molecule has 0 aromatic heterocycles. The number of rotatable bonds is 3. The van der Waals surface area contributed by atoms with Gasteiger partial charge in [0.05, 0.1) is 6.61 Å². The fourth-order valence-electron chi connectivity index (χ4n) is 2.13. The molecular weight excluding hydrogens is 188 g/mol. The highest BCUT2D eigenvalue weighted by Gasteiger charge is 2.16. The molecule has 82 valence electrons. The molecule has 0 spiro atoms. The molecule has 1 heterocycles. The van der Waals surface area contributed by atoms with Gasteiger partial charge in [-0.05, 0) is 23.6 Å². The van der Waals surface area contributed by atoms with Crippen LogP contribution in [0.5, 0.6) is 0 Å². The minimum absolute atomic E-state index is 0.367. The Labute approximate surface area is 90.8 Å². The number of nitrogens with two attached hydrogens (primary N) is 1. The maximum absolute atomic E-state index is 5.09. The standard InChI is InChI=1S/C12H18N2O/c1-9(8-15-13)10-3-4-12-11(7-10)5-6-14(12)2/h3-4,7,9H,5-6,8,13H2,1-2H3. The lowest BCUT2D eigenvalue weighted by Gasteiger charge is -2.14. The van der Waals surface area contributed by atoms with E-state index in [9.17, 15) is 0 Å². The molecule has 3 nitrogen and oxygen atoms in total. The van der Waals surface area contributed by atoms with Crippen LogP contribution in [0, 0.1) is 0 Å². The summed E-state index contributed by atoms with van der Waals surface area (Å²) < 4.78 is 0. The number of likely N-dealkylation sites (N-methyl/N-ethyl adjacent to an activating group) is 1. The van der Waals surface area contributed by atoms with Gasteiger partial charge >= 0.3 is 0 Å². The van der Waals surface area contributed by atoms with Gasteiger partial charge in [0.2, 0.25) is 0 Å². The molecule has 0 amide bonds. The summed E-state index contributed by atoms with van der Waals surface area (Å²) in [4.78, 5) is 6.98. The molecule has 1 aromatic carbocycles. The Balaban J connectivity index is 2.23. The van der Waals surface area contributed by atoms with E-state index in [4.69, 9.17) is 5.90 Å². The van der Waals surface area contributed by atoms with E-state index in [0.29, 0.717) is 12.5 Å². The summed E-state index contributed by atoms with van der Waals surface area (Å²) in [5, 5.41) is 0. The zero-order valence-corrected chi connectivity index (χ0v) is 9.36. The molecule has 3 heteroatoms. The lowest BCUT2D eigenvalue weighted by molar-refractivity contribution is 0.126. The molecule has 2 N–H and O–H groups in total. The van der Waals surface area contributed by atoms with Gasteiger partial charge in [0.15, 0.2) is 0 Å². The molecule has 0 radical (unpaired) electrons. The normalized spacial score (nSPS) is 16.6. The quantitative estimate of drug-likeness (QED) is 0.765. The highest BCUT2D eigenvalue weighted by molar-refractivity contribution is 5.58. The first-order chi connectivity index (χ1) is 7.22. The van der Waals surface area contributed by atoms with Gasteiger partial charge in [0.1, 0.15) is 0 Å². The topological polar surface area (TPSA) is 38.5 Å². The van der Waals surface area contributed by atoms with Crippen molar-refractivity contribution in [1.82, 2.24) is 0 Å². The summed E-state index contributed by atoms with van der Waals surface area (Å²) in [6.45, 7) is 3.84. The third-order valence-corrected chi connectivity index (χ3v) is 3.15. The van der Waals surface area contributed by atoms with E-state index in [1.165, 1.54) is 16.8 Å². The molecule has 1 atom stereocenters. The van der Waals surface area contributed by atoms with E-state index >= 15 is 0 Å². The number of fused-ring (bicyclic) bond motifs is 1. The van der Waals surface area contributed by atoms with E-state index in [2.05, 4.69) is 41.9 Å². The average molecular weight is 206 g/mol. The summed E-state index contributed by atoms with van der Waals surface area (Å²) in [6, 6.07) is 6.65. The Hall–Kier alpha value is -1.06. The minimum atomic E-state index is 0.367. The zero-order valence-electron chi connectivity index (χ0n) is 9.36. The maximum Gasteiger partial charge on any atom is 0.0745 e. The summed E-state index contributed by atoms with van der Waals surface area (Å²) in [6.07, 6.45) is 1.15. The molecule has 1 aliphatic heterocycles. The number of hydrogen-bond acceptors (Lipinski definition) is 3. The van der Waals surface area contributed by atoms with E-state index in [0.717, 1.165) is 13.0 Å². The molecule has 1 unspecified atom stereocenters. The van der Waals surface area contributed by atoms with Crippen LogP contribution in [0.15, 0.2) is 18.2 Å². The second-order valence-corrected chi connectivity index (χ2v) is 4.29. The highest BCUT2D eigenvalue weighted by Crippen LogP contribution is 2.29. The van der Waals surface area contributed by atoms with Crippen LogP contribution in [0.3, 0.4) is 0 Å². The molecule has 0 fully saturated rings. The van der Waals surface area contributed by atoms with Crippen molar-refractivity contribution in [3.63, 3.8) is 0 Å². The highest BCUT2D eigenvalue weighted by atomic mass is 16.6. The van der Waals surface area contributed by atoms with Crippen molar-refractivity contribution in [2.24, 2.45) is 5.90 Å². The Morgan fingerprint density at radius 1 is 1.53 bits per heavy atom. The van der Waals surface area contributed by atoms with E-state index in [1.54, 1.807) is 0 Å². The van der Waals surface area contributed by atoms with Gasteiger partial charge in [-0.1, -0.05) is 19.1 Å². The summed E-state index contributed by atoms with van der Waals surface area (Å²) in [5.74, 6) is 5.46. The SMILES string of the molecule is CC(CON)c1ccc2c(c1)CCN2C. The first-order valence-electron chi connectivity index (χ1n) is 5.38. The predicted molar refractivity (Wildman–Crippen MR) is 62.0 cm³/mol. The van der Waals surface area contributed by atoms with Crippen molar-refractivity contribution in [3.8, 4) is 0 Å². The van der Waals surface area contributed by atoms with Crippen molar-refractivity contribution in [1.29, 1.82) is 0 Å². The number of anilines is 1. The van der Waals surface area contributed by atoms with E-state index in [1.807, 2.05) is 0 Å². The van der Waals surface area contributed by atoms with Gasteiger partial charge in [0, 0.05) is 25.2 Å². The largest absolute Gasteiger partial charge is 0.374 e. The van der Waals surface area contributed by atoms with Crippen molar-refractivity contribution in [2.75, 3.05) is 25.1 Å². The number of nitrogens with zero attached hydrogens (tertiary/aromatic N) is 1. The van der Waals surface area contributed by atoms with E-state index in [-0.39, 0.29) is 0 Å². The van der Waals surface area contributed by atoms with Crippen molar-refractivity contribution < 1.29 is 4.84 Å². The van der Waals surface area contributed by atoms with Gasteiger partial charge in [-0.15, -0.1) is 0 Å². The van der Waals surface area contributed by atoms with Gasteiger partial charge < -0.3 is 9.74 Å². The number of benzene rings is 1. The smallest absolute Gasteiger partial charge is 0.0745 e. The maximum atomic E-state index is 5.09. The molecule has 0 saturated carbocycles. The van der Waals surface area contributed by atoms with Crippen LogP contribution in [0.4, 0.5) is 5.69 Å². The lowest BCUT2D eigenvalue weighted by Crippen LogP contribution is -2.12. The Kier molecular flexibility index (Phi) is 2.93. The molecule has 0 aliphatic carbocycles. The fraction of sp³-hybridized carbons (Fsp3) is 0.500. The van der Waals surface area contributed by atoms with Gasteiger partial charge in [-0.2, -0.15) is 0 Å². The second kappa shape index (κ2) is 4.21. The molecule has 15 heavy (non-hydrogen) atoms. The van der Waals surface area contributed by atoms with Gasteiger partial charge in [-0.3, -0.25) is 0 Å². The van der Waals surface area contributed by atoms with E-state index < -0.39 is 0 Å². The van der Waals surface area contributed by atoms with Crippen molar-refractivity contribution in [2.45, 2.75) is 19.3 Å². The van der Waals surface area contributed by atoms with Gasteiger partial charge in [0.25, 0.3) is 0 Å². The average Bonchev–Trinajstić information content (AvgIpc) is 2.60. The fourth-order valence-corrected chi connectivity index (χ4v) is 2.13. The lowest BCUT2D eigenvalue weighted by atomic mass is 9.99. The van der Waals surface area contributed by atoms with Crippen LogP contribution >= 0.6 is 0 Å². The minimum Gasteiger partial charge on any atom is -0.374 e.